The highest BCUT2D eigenvalue weighted by Gasteiger charge is 2.30. The molecule has 0 fully saturated rings. The number of nitrogens with one attached hydrogen (secondary N) is 2. The normalized spacial score (nSPS) is 12.0. The van der Waals surface area contributed by atoms with Crippen LogP contribution in [0.1, 0.15) is 57.9 Å². The van der Waals surface area contributed by atoms with Gasteiger partial charge in [0.15, 0.2) is 5.16 Å². The van der Waals surface area contributed by atoms with Crippen LogP contribution in [0.25, 0.3) is 5.69 Å². The number of hydrogen-bond acceptors (Lipinski definition) is 7. The van der Waals surface area contributed by atoms with E-state index in [2.05, 4.69) is 20.6 Å². The van der Waals surface area contributed by atoms with Crippen molar-refractivity contribution in [3.05, 3.63) is 100 Å². The third kappa shape index (κ3) is 10.6. The first kappa shape index (κ1) is 39.9. The van der Waals surface area contributed by atoms with E-state index in [1.807, 2.05) is 30.5 Å². The van der Waals surface area contributed by atoms with Gasteiger partial charge in [0.1, 0.15) is 34.6 Å². The molecule has 4 rings (SSSR count). The number of carbonyl (C=O) groups excluding carboxylic acids is 1. The number of methoxy groups -OCH3 is 1. The van der Waals surface area contributed by atoms with Crippen LogP contribution in [0.4, 0.5) is 22.8 Å². The quantitative estimate of drug-likeness (QED) is 0.0562. The molecule has 0 radical (unpaired) electrons. The average Bonchev–Trinajstić information content (AvgIpc) is 3.48. The molecule has 0 saturated heterocycles. The van der Waals surface area contributed by atoms with Crippen molar-refractivity contribution in [3.8, 4) is 17.2 Å². The Balaban J connectivity index is 1.45. The number of rotatable bonds is 12. The van der Waals surface area contributed by atoms with Crippen molar-refractivity contribution >= 4 is 41.5 Å². The molecule has 3 N–H and O–H groups in total. The molecular formula is C36H39ClF3N5O6S. The SMILES string of the molecule is COc1cc(C(C)(C)c2cnc(SCc3c(F)cc(OCCCN/C(=N\C(=O)O)NC(=O)OC(C)(C)C)cc3F)n2-c2ccc(F)cc2)ccc1Cl. The minimum absolute atomic E-state index is 0.0000722. The Kier molecular flexibility index (Phi) is 13.1. The van der Waals surface area contributed by atoms with E-state index in [-0.39, 0.29) is 42.6 Å². The smallest absolute Gasteiger partial charge is 0.434 e. The van der Waals surface area contributed by atoms with Gasteiger partial charge in [-0.2, -0.15) is 0 Å². The summed E-state index contributed by atoms with van der Waals surface area (Å²) in [6.45, 7) is 9.01. The highest BCUT2D eigenvalue weighted by atomic mass is 35.5. The van der Waals surface area contributed by atoms with E-state index in [1.165, 1.54) is 19.2 Å². The van der Waals surface area contributed by atoms with Gasteiger partial charge in [-0.05, 0) is 69.2 Å². The standard InChI is InChI=1S/C36H39ClF3N5O6S/c1-35(2,3)51-34(48)44-31(43-33(46)47)41-14-7-15-50-24-17-27(39)25(28(40)18-24)20-52-32-42-19-30(45(32)23-11-9-22(38)10-12-23)36(4,5)21-8-13-26(37)29(16-21)49-6/h8-13,16-19H,7,14-15,20H2,1-6H3,(H,46,47)(H2,41,43,44,48). The number of ether oxygens (including phenoxy) is 3. The fraction of sp³-hybridized carbons (Fsp3) is 0.333. The first-order valence-electron chi connectivity index (χ1n) is 16.0. The molecule has 1 aromatic heterocycles. The molecule has 0 saturated carbocycles. The summed E-state index contributed by atoms with van der Waals surface area (Å²) in [7, 11) is 1.53. The van der Waals surface area contributed by atoms with Crippen LogP contribution in [0.15, 0.2) is 70.9 Å². The maximum Gasteiger partial charge on any atom is 0.434 e. The second-order valence-corrected chi connectivity index (χ2v) is 14.2. The summed E-state index contributed by atoms with van der Waals surface area (Å²) in [5, 5.41) is 14.7. The second-order valence-electron chi connectivity index (χ2n) is 12.9. The number of alkyl carbamates (subject to hydrolysis) is 1. The number of halogens is 4. The lowest BCUT2D eigenvalue weighted by molar-refractivity contribution is 0.0561. The van der Waals surface area contributed by atoms with E-state index in [1.54, 1.807) is 45.2 Å². The summed E-state index contributed by atoms with van der Waals surface area (Å²) in [4.78, 5) is 30.9. The summed E-state index contributed by atoms with van der Waals surface area (Å²) < 4.78 is 62.4. The van der Waals surface area contributed by atoms with Crippen molar-refractivity contribution in [2.24, 2.45) is 4.99 Å². The molecule has 0 aliphatic carbocycles. The van der Waals surface area contributed by atoms with Gasteiger partial charge in [-0.25, -0.2) is 27.7 Å². The Morgan fingerprint density at radius 1 is 1.02 bits per heavy atom. The zero-order valence-corrected chi connectivity index (χ0v) is 30.9. The minimum atomic E-state index is -1.54. The predicted molar refractivity (Wildman–Crippen MR) is 193 cm³/mol. The lowest BCUT2D eigenvalue weighted by Crippen LogP contribution is -2.44. The third-order valence-corrected chi connectivity index (χ3v) is 8.79. The highest BCUT2D eigenvalue weighted by molar-refractivity contribution is 7.98. The number of carbonyl (C=O) groups is 2. The van der Waals surface area contributed by atoms with E-state index < -0.39 is 40.7 Å². The number of hydrogen-bond donors (Lipinski definition) is 3. The summed E-state index contributed by atoms with van der Waals surface area (Å²) in [6.07, 6.45) is -0.511. The van der Waals surface area contributed by atoms with Gasteiger partial charge in [0.25, 0.3) is 0 Å². The van der Waals surface area contributed by atoms with Crippen molar-refractivity contribution in [3.63, 3.8) is 0 Å². The van der Waals surface area contributed by atoms with E-state index in [0.717, 1.165) is 35.2 Å². The molecule has 0 unspecified atom stereocenters. The largest absolute Gasteiger partial charge is 0.495 e. The summed E-state index contributed by atoms with van der Waals surface area (Å²) in [5.74, 6) is -2.09. The minimum Gasteiger partial charge on any atom is -0.495 e. The average molecular weight is 762 g/mol. The maximum atomic E-state index is 15.3. The number of nitrogens with zero attached hydrogens (tertiary/aromatic N) is 3. The Morgan fingerprint density at radius 2 is 1.69 bits per heavy atom. The van der Waals surface area contributed by atoms with Crippen molar-refractivity contribution in [2.45, 2.75) is 63.0 Å². The molecule has 0 spiro atoms. The topological polar surface area (TPSA) is 136 Å². The molecule has 0 bridgehead atoms. The molecular weight excluding hydrogens is 723 g/mol. The van der Waals surface area contributed by atoms with Gasteiger partial charge in [0, 0.05) is 41.1 Å². The van der Waals surface area contributed by atoms with Crippen molar-refractivity contribution < 1.29 is 42.1 Å². The van der Waals surface area contributed by atoms with Crippen LogP contribution in [-0.2, 0) is 15.9 Å². The Morgan fingerprint density at radius 3 is 2.31 bits per heavy atom. The van der Waals surface area contributed by atoms with Gasteiger partial charge < -0.3 is 24.6 Å². The predicted octanol–water partition coefficient (Wildman–Crippen LogP) is 8.49. The van der Waals surface area contributed by atoms with E-state index in [4.69, 9.17) is 30.9 Å². The number of imidazole rings is 1. The van der Waals surface area contributed by atoms with Crippen LogP contribution in [0, 0.1) is 17.5 Å². The van der Waals surface area contributed by atoms with Crippen LogP contribution < -0.4 is 20.1 Å². The molecule has 11 nitrogen and oxygen atoms in total. The van der Waals surface area contributed by atoms with Crippen molar-refractivity contribution in [1.82, 2.24) is 20.2 Å². The van der Waals surface area contributed by atoms with E-state index >= 15 is 8.78 Å². The Labute approximate surface area is 308 Å². The summed E-state index contributed by atoms with van der Waals surface area (Å²) in [6, 6.07) is 13.4. The zero-order chi connectivity index (χ0) is 38.2. The highest BCUT2D eigenvalue weighted by Crippen LogP contribution is 2.39. The van der Waals surface area contributed by atoms with Crippen LogP contribution in [-0.4, -0.2) is 58.7 Å². The number of aliphatic imine (C=N–C) groups is 1. The van der Waals surface area contributed by atoms with E-state index in [9.17, 15) is 14.0 Å². The number of thioether (sulfide) groups is 1. The molecule has 3 aromatic carbocycles. The first-order valence-corrected chi connectivity index (χ1v) is 17.3. The van der Waals surface area contributed by atoms with Crippen LogP contribution in [0.3, 0.4) is 0 Å². The number of guanidine groups is 1. The summed E-state index contributed by atoms with van der Waals surface area (Å²) >= 11 is 7.38. The molecule has 52 heavy (non-hydrogen) atoms. The fourth-order valence-corrected chi connectivity index (χ4v) is 6.13. The second kappa shape index (κ2) is 17.1. The molecule has 1 heterocycles. The number of amides is 2. The summed E-state index contributed by atoms with van der Waals surface area (Å²) in [5.41, 5.74) is 0.523. The molecule has 16 heteroatoms. The molecule has 0 aliphatic rings. The number of carboxylic acid groups (broad SMARTS) is 1. The van der Waals surface area contributed by atoms with Crippen LogP contribution >= 0.6 is 23.4 Å². The van der Waals surface area contributed by atoms with Gasteiger partial charge in [-0.15, -0.1) is 4.99 Å². The third-order valence-electron chi connectivity index (χ3n) is 7.50. The van der Waals surface area contributed by atoms with E-state index in [0.29, 0.717) is 21.6 Å². The first-order chi connectivity index (χ1) is 24.5. The molecule has 278 valence electrons. The lowest BCUT2D eigenvalue weighted by atomic mass is 9.81. The molecule has 2 amide bonds. The van der Waals surface area contributed by atoms with Gasteiger partial charge in [0.2, 0.25) is 5.96 Å². The van der Waals surface area contributed by atoms with Gasteiger partial charge in [0.05, 0.1) is 30.6 Å². The molecule has 0 atom stereocenters. The Hall–Kier alpha value is -4.89. The number of benzene rings is 3. The van der Waals surface area contributed by atoms with Crippen LogP contribution in [0.5, 0.6) is 11.5 Å². The Bertz CT molecular complexity index is 1910. The van der Waals surface area contributed by atoms with Crippen molar-refractivity contribution in [2.75, 3.05) is 20.3 Å². The van der Waals surface area contributed by atoms with Crippen molar-refractivity contribution in [1.29, 1.82) is 0 Å². The lowest BCUT2D eigenvalue weighted by Gasteiger charge is -2.28. The van der Waals surface area contributed by atoms with Gasteiger partial charge >= 0.3 is 12.2 Å². The van der Waals surface area contributed by atoms with Gasteiger partial charge in [-0.3, -0.25) is 9.88 Å². The van der Waals surface area contributed by atoms with Crippen LogP contribution in [0.2, 0.25) is 5.02 Å². The fourth-order valence-electron chi connectivity index (χ4n) is 4.93. The molecule has 0 aliphatic heterocycles. The monoisotopic (exact) mass is 761 g/mol. The number of aromatic nitrogens is 2. The van der Waals surface area contributed by atoms with Gasteiger partial charge in [-0.1, -0.05) is 43.3 Å². The molecule has 4 aromatic rings. The zero-order valence-electron chi connectivity index (χ0n) is 29.4. The maximum absolute atomic E-state index is 15.3.